The van der Waals surface area contributed by atoms with E-state index in [2.05, 4.69) is 19.2 Å². The lowest BCUT2D eigenvalue weighted by Gasteiger charge is -2.33. The molecule has 0 radical (unpaired) electrons. The van der Waals surface area contributed by atoms with Crippen molar-refractivity contribution in [3.05, 3.63) is 23.8 Å². The largest absolute Gasteiger partial charge is 0.493 e. The zero-order chi connectivity index (χ0) is 39.0. The zero-order valence-electron chi connectivity index (χ0n) is 31.9. The molecule has 294 valence electrons. The highest BCUT2D eigenvalue weighted by atomic mass is 16.7. The zero-order valence-corrected chi connectivity index (χ0v) is 31.9. The van der Waals surface area contributed by atoms with Crippen LogP contribution >= 0.6 is 0 Å². The van der Waals surface area contributed by atoms with Crippen LogP contribution in [0.5, 0.6) is 11.5 Å². The van der Waals surface area contributed by atoms with Crippen LogP contribution in [0.25, 0.3) is 0 Å². The van der Waals surface area contributed by atoms with Crippen molar-refractivity contribution in [2.45, 2.75) is 92.2 Å². The SMILES string of the molecule is COCCCOc1cc(CC(CC2C(CC(C(=O)NCC(C)(C)C(N)=O)C(C)C)OCN2C(=O)OCOC(=O)CCC(=O)O)C(C)C)ccc1OC. The van der Waals surface area contributed by atoms with Crippen molar-refractivity contribution >= 4 is 29.8 Å². The topological polar surface area (TPSA) is 202 Å². The molecule has 0 aromatic heterocycles. The molecule has 4 atom stereocenters. The summed E-state index contributed by atoms with van der Waals surface area (Å²) in [5.74, 6) is -1.92. The summed E-state index contributed by atoms with van der Waals surface area (Å²) in [4.78, 5) is 62.9. The van der Waals surface area contributed by atoms with Crippen molar-refractivity contribution in [3.8, 4) is 11.5 Å². The Hall–Kier alpha value is -4.11. The molecule has 0 aliphatic carbocycles. The number of esters is 1. The Labute approximate surface area is 307 Å². The number of carbonyl (C=O) groups excluding carboxylic acids is 4. The number of primary amides is 1. The molecule has 1 heterocycles. The van der Waals surface area contributed by atoms with Gasteiger partial charge in [0.25, 0.3) is 0 Å². The van der Waals surface area contributed by atoms with Gasteiger partial charge in [-0.1, -0.05) is 33.8 Å². The fraction of sp³-hybridized carbons (Fsp3) is 0.703. The number of ether oxygens (including phenoxy) is 6. The van der Waals surface area contributed by atoms with Gasteiger partial charge in [-0.05, 0) is 68.6 Å². The molecule has 4 N–H and O–H groups in total. The third kappa shape index (κ3) is 14.1. The molecule has 0 spiro atoms. The molecule has 15 nitrogen and oxygen atoms in total. The predicted molar refractivity (Wildman–Crippen MR) is 190 cm³/mol. The lowest BCUT2D eigenvalue weighted by Crippen LogP contribution is -2.47. The van der Waals surface area contributed by atoms with Crippen LogP contribution in [-0.2, 0) is 44.5 Å². The molecular weight excluding hydrogens is 678 g/mol. The normalized spacial score (nSPS) is 17.1. The van der Waals surface area contributed by atoms with Gasteiger partial charge in [0.2, 0.25) is 18.6 Å². The number of aliphatic carboxylic acids is 1. The van der Waals surface area contributed by atoms with Gasteiger partial charge in [0.05, 0.1) is 44.1 Å². The lowest BCUT2D eigenvalue weighted by molar-refractivity contribution is -0.155. The number of amides is 3. The summed E-state index contributed by atoms with van der Waals surface area (Å²) in [6.07, 6.45) is 0.0381. The first kappa shape index (κ1) is 44.1. The predicted octanol–water partition coefficient (Wildman–Crippen LogP) is 4.13. The number of hydrogen-bond acceptors (Lipinski definition) is 11. The van der Waals surface area contributed by atoms with E-state index in [4.69, 9.17) is 39.3 Å². The molecule has 1 fully saturated rings. The Morgan fingerprint density at radius 1 is 1.00 bits per heavy atom. The first-order valence-corrected chi connectivity index (χ1v) is 17.8. The number of benzene rings is 1. The van der Waals surface area contributed by atoms with Crippen LogP contribution in [0.4, 0.5) is 4.79 Å². The van der Waals surface area contributed by atoms with Crippen molar-refractivity contribution in [2.75, 3.05) is 47.5 Å². The summed E-state index contributed by atoms with van der Waals surface area (Å²) >= 11 is 0. The van der Waals surface area contributed by atoms with Gasteiger partial charge < -0.3 is 44.6 Å². The highest BCUT2D eigenvalue weighted by molar-refractivity contribution is 5.83. The summed E-state index contributed by atoms with van der Waals surface area (Å²) in [5, 5.41) is 11.7. The Bertz CT molecular complexity index is 1330. The number of hydrogen-bond donors (Lipinski definition) is 3. The maximum atomic E-state index is 13.5. The van der Waals surface area contributed by atoms with E-state index in [9.17, 15) is 24.0 Å². The number of methoxy groups -OCH3 is 2. The quantitative estimate of drug-likeness (QED) is 0.0825. The van der Waals surface area contributed by atoms with Crippen molar-refractivity contribution in [1.29, 1.82) is 0 Å². The molecule has 52 heavy (non-hydrogen) atoms. The second kappa shape index (κ2) is 21.4. The van der Waals surface area contributed by atoms with E-state index >= 15 is 0 Å². The van der Waals surface area contributed by atoms with Gasteiger partial charge in [-0.2, -0.15) is 0 Å². The second-order valence-corrected chi connectivity index (χ2v) is 14.5. The van der Waals surface area contributed by atoms with E-state index in [-0.39, 0.29) is 49.8 Å². The summed E-state index contributed by atoms with van der Waals surface area (Å²) in [5.41, 5.74) is 5.58. The number of carboxylic acids is 1. The standard InChI is InChI=1S/C37H59N3O12/c1-23(2)26(16-25-10-11-29(48-8)31(17-25)49-15-9-14-47-7)18-28-30(19-27(24(3)4)34(44)39-20-37(5,6)35(38)45)50-21-40(28)36(46)52-22-51-33(43)13-12-32(41)42/h10-11,17,23-24,26-28,30H,9,12-16,18-22H2,1-8H3,(H2,38,45)(H,39,44)(H,41,42). The Morgan fingerprint density at radius 3 is 2.31 bits per heavy atom. The van der Waals surface area contributed by atoms with Crippen LogP contribution < -0.4 is 20.5 Å². The minimum absolute atomic E-state index is 0.0378. The fourth-order valence-corrected chi connectivity index (χ4v) is 5.79. The van der Waals surface area contributed by atoms with Gasteiger partial charge in [-0.25, -0.2) is 4.79 Å². The molecule has 4 unspecified atom stereocenters. The molecule has 1 saturated heterocycles. The summed E-state index contributed by atoms with van der Waals surface area (Å²) in [6.45, 7) is 11.7. The average molecular weight is 738 g/mol. The fourth-order valence-electron chi connectivity index (χ4n) is 5.79. The van der Waals surface area contributed by atoms with Gasteiger partial charge in [0.1, 0.15) is 6.73 Å². The molecule has 1 aliphatic rings. The van der Waals surface area contributed by atoms with Crippen molar-refractivity contribution < 1.29 is 57.5 Å². The van der Waals surface area contributed by atoms with E-state index in [1.165, 1.54) is 4.90 Å². The third-order valence-electron chi connectivity index (χ3n) is 9.40. The lowest BCUT2D eigenvalue weighted by atomic mass is 9.80. The smallest absolute Gasteiger partial charge is 0.414 e. The number of carboxylic acid groups (broad SMARTS) is 1. The third-order valence-corrected chi connectivity index (χ3v) is 9.40. The summed E-state index contributed by atoms with van der Waals surface area (Å²) < 4.78 is 33.1. The maximum absolute atomic E-state index is 13.5. The number of carbonyl (C=O) groups is 5. The van der Waals surface area contributed by atoms with Crippen LogP contribution in [0.1, 0.15) is 79.2 Å². The minimum Gasteiger partial charge on any atom is -0.493 e. The molecule has 3 amide bonds. The molecule has 1 aromatic carbocycles. The molecule has 2 rings (SSSR count). The van der Waals surface area contributed by atoms with E-state index in [0.29, 0.717) is 44.0 Å². The molecular formula is C37H59N3O12. The monoisotopic (exact) mass is 737 g/mol. The Morgan fingerprint density at radius 2 is 1.71 bits per heavy atom. The van der Waals surface area contributed by atoms with Crippen LogP contribution in [0.3, 0.4) is 0 Å². The molecule has 0 bridgehead atoms. The summed E-state index contributed by atoms with van der Waals surface area (Å²) in [6, 6.07) is 5.30. The van der Waals surface area contributed by atoms with Crippen LogP contribution in [-0.4, -0.2) is 99.5 Å². The van der Waals surface area contributed by atoms with E-state index in [1.54, 1.807) is 28.1 Å². The van der Waals surface area contributed by atoms with Crippen LogP contribution in [0, 0.1) is 29.1 Å². The molecule has 15 heteroatoms. The number of nitrogens with one attached hydrogen (secondary N) is 1. The molecule has 0 saturated carbocycles. The second-order valence-electron chi connectivity index (χ2n) is 14.5. The number of nitrogens with zero attached hydrogens (tertiary/aromatic N) is 1. The average Bonchev–Trinajstić information content (AvgIpc) is 3.48. The number of rotatable bonds is 23. The van der Waals surface area contributed by atoms with Gasteiger partial charge in [0.15, 0.2) is 11.5 Å². The van der Waals surface area contributed by atoms with E-state index < -0.39 is 60.6 Å². The molecule has 1 aliphatic heterocycles. The van der Waals surface area contributed by atoms with Crippen LogP contribution in [0.15, 0.2) is 18.2 Å². The molecule has 1 aromatic rings. The van der Waals surface area contributed by atoms with E-state index in [1.807, 2.05) is 32.0 Å². The van der Waals surface area contributed by atoms with Gasteiger partial charge >= 0.3 is 18.0 Å². The van der Waals surface area contributed by atoms with Crippen molar-refractivity contribution in [3.63, 3.8) is 0 Å². The number of nitrogens with two attached hydrogens (primary N) is 1. The van der Waals surface area contributed by atoms with Crippen molar-refractivity contribution in [1.82, 2.24) is 10.2 Å². The van der Waals surface area contributed by atoms with Crippen LogP contribution in [0.2, 0.25) is 0 Å². The highest BCUT2D eigenvalue weighted by Gasteiger charge is 2.43. The minimum atomic E-state index is -1.15. The van der Waals surface area contributed by atoms with E-state index in [0.717, 1.165) is 5.56 Å². The highest BCUT2D eigenvalue weighted by Crippen LogP contribution is 2.36. The van der Waals surface area contributed by atoms with Gasteiger partial charge in [-0.15, -0.1) is 0 Å². The summed E-state index contributed by atoms with van der Waals surface area (Å²) in [7, 11) is 3.22. The maximum Gasteiger partial charge on any atom is 0.414 e. The first-order chi connectivity index (χ1) is 24.5. The van der Waals surface area contributed by atoms with Crippen molar-refractivity contribution in [2.24, 2.45) is 34.8 Å². The van der Waals surface area contributed by atoms with Gasteiger partial charge in [-0.3, -0.25) is 24.1 Å². The Kier molecular flexibility index (Phi) is 18.1. The first-order valence-electron chi connectivity index (χ1n) is 17.8. The Balaban J connectivity index is 2.33. The van der Waals surface area contributed by atoms with Gasteiger partial charge in [0, 0.05) is 32.6 Å².